The Morgan fingerprint density at radius 3 is 2.05 bits per heavy atom. The van der Waals surface area contributed by atoms with Crippen molar-refractivity contribution in [2.24, 2.45) is 0 Å². The lowest BCUT2D eigenvalue weighted by Gasteiger charge is -2.22. The third-order valence-electron chi connectivity index (χ3n) is 3.32. The van der Waals surface area contributed by atoms with Crippen LogP contribution in [0.3, 0.4) is 0 Å². The van der Waals surface area contributed by atoms with Crippen LogP contribution in [0.5, 0.6) is 11.5 Å². The summed E-state index contributed by atoms with van der Waals surface area (Å²) in [5, 5.41) is -1.12. The van der Waals surface area contributed by atoms with Crippen molar-refractivity contribution in [2.45, 2.75) is 0 Å². The quantitative estimate of drug-likeness (QED) is 0.798. The summed E-state index contributed by atoms with van der Waals surface area (Å²) in [6, 6.07) is 10.1. The molecule has 0 fully saturated rings. The van der Waals surface area contributed by atoms with Gasteiger partial charge in [0.25, 0.3) is 10.5 Å². The highest BCUT2D eigenvalue weighted by atomic mass is 35.5. The molecule has 6 heteroatoms. The van der Waals surface area contributed by atoms with Crippen LogP contribution in [0.1, 0.15) is 20.7 Å². The fraction of sp³-hybridized carbons (Fsp3) is 0.125. The molecule has 112 valence electrons. The zero-order valence-corrected chi connectivity index (χ0v) is 12.8. The molecule has 22 heavy (non-hydrogen) atoms. The van der Waals surface area contributed by atoms with Gasteiger partial charge in [0.05, 0.1) is 5.56 Å². The molecule has 0 aromatic heterocycles. The van der Waals surface area contributed by atoms with Gasteiger partial charge in [-0.3, -0.25) is 9.59 Å². The number of halogens is 2. The van der Waals surface area contributed by atoms with Gasteiger partial charge in [-0.1, -0.05) is 12.1 Å². The molecular weight excluding hydrogens is 327 g/mol. The van der Waals surface area contributed by atoms with Crippen molar-refractivity contribution < 1.29 is 19.1 Å². The number of hydrogen-bond donors (Lipinski definition) is 0. The van der Waals surface area contributed by atoms with Gasteiger partial charge in [0, 0.05) is 11.1 Å². The fourth-order valence-electron chi connectivity index (χ4n) is 2.30. The van der Waals surface area contributed by atoms with Crippen LogP contribution in [0, 0.1) is 0 Å². The Hall–Kier alpha value is -2.04. The first-order valence-corrected chi connectivity index (χ1v) is 7.26. The van der Waals surface area contributed by atoms with Crippen molar-refractivity contribution in [3.63, 3.8) is 0 Å². The van der Waals surface area contributed by atoms with Gasteiger partial charge in [0.15, 0.2) is 11.5 Å². The molecule has 0 bridgehead atoms. The van der Waals surface area contributed by atoms with E-state index < -0.39 is 10.5 Å². The monoisotopic (exact) mass is 336 g/mol. The summed E-state index contributed by atoms with van der Waals surface area (Å²) >= 11 is 11.0. The number of carbonyl (C=O) groups excluding carboxylic acids is 2. The lowest BCUT2D eigenvalue weighted by molar-refractivity contribution is 0.106. The van der Waals surface area contributed by atoms with Crippen LogP contribution in [-0.4, -0.2) is 23.7 Å². The lowest BCUT2D eigenvalue weighted by atomic mass is 10.0. The molecule has 1 heterocycles. The number of fused-ring (bicyclic) bond motifs is 1. The molecule has 4 nitrogen and oxygen atoms in total. The molecule has 2 aromatic rings. The van der Waals surface area contributed by atoms with E-state index in [1.807, 2.05) is 0 Å². The van der Waals surface area contributed by atoms with Gasteiger partial charge in [-0.15, -0.1) is 0 Å². The van der Waals surface area contributed by atoms with Gasteiger partial charge in [-0.2, -0.15) is 0 Å². The standard InChI is InChI=1S/C16H10Cl2O4/c17-15(19)10-3-1-9(2-4-10)11-5-6-12(16(18)20)14-13(11)21-7-8-22-14/h1-6H,7-8H2. The average Bonchev–Trinajstić information content (AvgIpc) is 2.53. The second-order valence-electron chi connectivity index (χ2n) is 4.64. The predicted molar refractivity (Wildman–Crippen MR) is 83.2 cm³/mol. The lowest BCUT2D eigenvalue weighted by Crippen LogP contribution is -2.17. The molecule has 0 radical (unpaired) electrons. The van der Waals surface area contributed by atoms with Gasteiger partial charge >= 0.3 is 0 Å². The van der Waals surface area contributed by atoms with Gasteiger partial charge in [-0.25, -0.2) is 0 Å². The average molecular weight is 337 g/mol. The summed E-state index contributed by atoms with van der Waals surface area (Å²) in [5.74, 6) is 0.823. The van der Waals surface area contributed by atoms with E-state index in [0.717, 1.165) is 11.1 Å². The molecule has 0 amide bonds. The third-order valence-corrected chi connectivity index (χ3v) is 3.74. The minimum Gasteiger partial charge on any atom is -0.485 e. The molecule has 1 aliphatic heterocycles. The number of carbonyl (C=O) groups is 2. The molecule has 0 saturated carbocycles. The Morgan fingerprint density at radius 2 is 1.45 bits per heavy atom. The van der Waals surface area contributed by atoms with Crippen molar-refractivity contribution in [1.29, 1.82) is 0 Å². The number of rotatable bonds is 3. The van der Waals surface area contributed by atoms with Gasteiger partial charge in [-0.05, 0) is 53.0 Å². The first-order valence-electron chi connectivity index (χ1n) is 6.50. The first-order chi connectivity index (χ1) is 10.6. The van der Waals surface area contributed by atoms with Crippen molar-refractivity contribution >= 4 is 33.7 Å². The maximum atomic E-state index is 11.5. The zero-order chi connectivity index (χ0) is 15.7. The Labute approximate surface area is 136 Å². The molecule has 0 saturated heterocycles. The second-order valence-corrected chi connectivity index (χ2v) is 5.33. The molecule has 0 atom stereocenters. The van der Waals surface area contributed by atoms with Crippen LogP contribution in [-0.2, 0) is 0 Å². The summed E-state index contributed by atoms with van der Waals surface area (Å²) in [6.45, 7) is 0.742. The van der Waals surface area contributed by atoms with E-state index in [0.29, 0.717) is 30.3 Å². The topological polar surface area (TPSA) is 52.6 Å². The van der Waals surface area contributed by atoms with Crippen LogP contribution >= 0.6 is 23.2 Å². The van der Waals surface area contributed by atoms with Crippen LogP contribution in [0.15, 0.2) is 36.4 Å². The summed E-state index contributed by atoms with van der Waals surface area (Å²) in [6.07, 6.45) is 0. The number of benzene rings is 2. The summed E-state index contributed by atoms with van der Waals surface area (Å²) in [4.78, 5) is 22.6. The zero-order valence-electron chi connectivity index (χ0n) is 11.3. The summed E-state index contributed by atoms with van der Waals surface area (Å²) < 4.78 is 11.2. The van der Waals surface area contributed by atoms with Crippen molar-refractivity contribution in [2.75, 3.05) is 13.2 Å². The summed E-state index contributed by atoms with van der Waals surface area (Å²) in [5.41, 5.74) is 2.25. The first kappa shape index (κ1) is 14.9. The van der Waals surface area contributed by atoms with Crippen molar-refractivity contribution in [3.05, 3.63) is 47.5 Å². The van der Waals surface area contributed by atoms with Crippen molar-refractivity contribution in [1.82, 2.24) is 0 Å². The molecule has 3 rings (SSSR count). The van der Waals surface area contributed by atoms with Crippen LogP contribution < -0.4 is 9.47 Å². The maximum absolute atomic E-state index is 11.5. The SMILES string of the molecule is O=C(Cl)c1ccc(-c2ccc(C(=O)Cl)c3c2OCCO3)cc1. The summed E-state index contributed by atoms with van der Waals surface area (Å²) in [7, 11) is 0. The van der Waals surface area contributed by atoms with E-state index in [2.05, 4.69) is 0 Å². The van der Waals surface area contributed by atoms with E-state index in [1.165, 1.54) is 0 Å². The van der Waals surface area contributed by atoms with Gasteiger partial charge < -0.3 is 9.47 Å². The molecule has 2 aromatic carbocycles. The highest BCUT2D eigenvalue weighted by molar-refractivity contribution is 6.68. The Bertz CT molecular complexity index is 753. The molecule has 0 aliphatic carbocycles. The van der Waals surface area contributed by atoms with E-state index in [4.69, 9.17) is 32.7 Å². The molecular formula is C16H10Cl2O4. The normalized spacial score (nSPS) is 12.8. The highest BCUT2D eigenvalue weighted by Crippen LogP contribution is 2.43. The Morgan fingerprint density at radius 1 is 0.818 bits per heavy atom. The van der Waals surface area contributed by atoms with Crippen LogP contribution in [0.4, 0.5) is 0 Å². The minimum atomic E-state index is -0.601. The number of ether oxygens (including phenoxy) is 2. The minimum absolute atomic E-state index is 0.271. The largest absolute Gasteiger partial charge is 0.485 e. The Kier molecular flexibility index (Phi) is 4.05. The van der Waals surface area contributed by atoms with Gasteiger partial charge in [0.1, 0.15) is 13.2 Å². The van der Waals surface area contributed by atoms with Crippen LogP contribution in [0.2, 0.25) is 0 Å². The maximum Gasteiger partial charge on any atom is 0.256 e. The molecule has 1 aliphatic rings. The highest BCUT2D eigenvalue weighted by Gasteiger charge is 2.23. The van der Waals surface area contributed by atoms with E-state index >= 15 is 0 Å². The van der Waals surface area contributed by atoms with E-state index in [1.54, 1.807) is 36.4 Å². The third kappa shape index (κ3) is 2.67. The smallest absolute Gasteiger partial charge is 0.256 e. The Balaban J connectivity index is 2.11. The van der Waals surface area contributed by atoms with E-state index in [9.17, 15) is 9.59 Å². The van der Waals surface area contributed by atoms with Crippen LogP contribution in [0.25, 0.3) is 11.1 Å². The molecule has 0 spiro atoms. The predicted octanol–water partition coefficient (Wildman–Crippen LogP) is 3.88. The van der Waals surface area contributed by atoms with E-state index in [-0.39, 0.29) is 5.56 Å². The second kappa shape index (κ2) is 5.99. The number of hydrogen-bond acceptors (Lipinski definition) is 4. The van der Waals surface area contributed by atoms with Gasteiger partial charge in [0.2, 0.25) is 0 Å². The molecule has 0 N–H and O–H groups in total. The molecule has 0 unspecified atom stereocenters. The fourth-order valence-corrected chi connectivity index (χ4v) is 2.57. The van der Waals surface area contributed by atoms with Crippen molar-refractivity contribution in [3.8, 4) is 22.6 Å².